The molecule has 1 fully saturated rings. The maximum Gasteiger partial charge on any atom is 0.277 e. The van der Waals surface area contributed by atoms with Gasteiger partial charge in [-0.05, 0) is 0 Å². The second-order valence-electron chi connectivity index (χ2n) is 4.20. The number of hydrogen-bond donors (Lipinski definition) is 0. The molecule has 6 heteroatoms. The average molecular weight is 315 g/mol. The average Bonchev–Trinajstić information content (AvgIpc) is 2.39. The first kappa shape index (κ1) is 13.5. The predicted molar refractivity (Wildman–Crippen MR) is 71.8 cm³/mol. The zero-order valence-corrected chi connectivity index (χ0v) is 11.6. The Morgan fingerprint density at radius 3 is 2.61 bits per heavy atom. The SMILES string of the molecule is O=[N+]([O-])c1c(CBr)cccc1CN1CCOCC1. The fraction of sp³-hybridized carbons (Fsp3) is 0.500. The molecular weight excluding hydrogens is 300 g/mol. The van der Waals surface area contributed by atoms with Crippen LogP contribution in [0.15, 0.2) is 18.2 Å². The topological polar surface area (TPSA) is 55.6 Å². The molecule has 0 spiro atoms. The van der Waals surface area contributed by atoms with Crippen molar-refractivity contribution in [1.29, 1.82) is 0 Å². The smallest absolute Gasteiger partial charge is 0.277 e. The van der Waals surface area contributed by atoms with E-state index in [-0.39, 0.29) is 10.6 Å². The van der Waals surface area contributed by atoms with Crippen molar-refractivity contribution in [2.24, 2.45) is 0 Å². The summed E-state index contributed by atoms with van der Waals surface area (Å²) in [6.45, 7) is 3.67. The Hall–Kier alpha value is -0.980. The summed E-state index contributed by atoms with van der Waals surface area (Å²) < 4.78 is 5.28. The van der Waals surface area contributed by atoms with E-state index in [0.29, 0.717) is 25.1 Å². The van der Waals surface area contributed by atoms with Crippen molar-refractivity contribution in [3.05, 3.63) is 39.4 Å². The van der Waals surface area contributed by atoms with Crippen LogP contribution in [0.4, 0.5) is 5.69 Å². The first-order valence-corrected chi connectivity index (χ1v) is 6.95. The molecule has 0 bridgehead atoms. The second kappa shape index (κ2) is 6.26. The minimum Gasteiger partial charge on any atom is -0.379 e. The van der Waals surface area contributed by atoms with Gasteiger partial charge in [0.2, 0.25) is 0 Å². The van der Waals surface area contributed by atoms with Crippen LogP contribution in [0.5, 0.6) is 0 Å². The third-order valence-electron chi connectivity index (χ3n) is 3.03. The number of morpholine rings is 1. The highest BCUT2D eigenvalue weighted by atomic mass is 79.9. The molecule has 98 valence electrons. The zero-order valence-electron chi connectivity index (χ0n) is 9.97. The standard InChI is InChI=1S/C12H15BrN2O3/c13-8-10-2-1-3-11(12(10)15(16)17)9-14-4-6-18-7-5-14/h1-3H,4-9H2. The number of ether oxygens (including phenoxy) is 1. The molecule has 1 heterocycles. The normalized spacial score (nSPS) is 16.7. The second-order valence-corrected chi connectivity index (χ2v) is 4.76. The Morgan fingerprint density at radius 2 is 2.00 bits per heavy atom. The molecule has 1 aromatic carbocycles. The van der Waals surface area contributed by atoms with Crippen LogP contribution in [-0.2, 0) is 16.6 Å². The lowest BCUT2D eigenvalue weighted by molar-refractivity contribution is -0.386. The number of benzene rings is 1. The Labute approximate surface area is 114 Å². The van der Waals surface area contributed by atoms with E-state index in [2.05, 4.69) is 20.8 Å². The van der Waals surface area contributed by atoms with E-state index < -0.39 is 0 Å². The summed E-state index contributed by atoms with van der Waals surface area (Å²) in [5, 5.41) is 11.7. The first-order valence-electron chi connectivity index (χ1n) is 5.83. The summed E-state index contributed by atoms with van der Waals surface area (Å²) in [6, 6.07) is 5.49. The lowest BCUT2D eigenvalue weighted by atomic mass is 10.1. The number of nitro benzene ring substituents is 1. The monoisotopic (exact) mass is 314 g/mol. The molecule has 0 unspecified atom stereocenters. The molecule has 1 aliphatic rings. The molecular formula is C12H15BrN2O3. The number of hydrogen-bond acceptors (Lipinski definition) is 4. The van der Waals surface area contributed by atoms with E-state index in [1.165, 1.54) is 0 Å². The van der Waals surface area contributed by atoms with Crippen LogP contribution >= 0.6 is 15.9 Å². The highest BCUT2D eigenvalue weighted by Gasteiger charge is 2.21. The van der Waals surface area contributed by atoms with Crippen molar-refractivity contribution in [2.75, 3.05) is 26.3 Å². The number of alkyl halides is 1. The van der Waals surface area contributed by atoms with Gasteiger partial charge < -0.3 is 4.74 Å². The van der Waals surface area contributed by atoms with Crippen LogP contribution in [0.25, 0.3) is 0 Å². The van der Waals surface area contributed by atoms with Gasteiger partial charge in [-0.2, -0.15) is 0 Å². The van der Waals surface area contributed by atoms with Crippen molar-refractivity contribution >= 4 is 21.6 Å². The van der Waals surface area contributed by atoms with E-state index in [1.807, 2.05) is 12.1 Å². The number of rotatable bonds is 4. The van der Waals surface area contributed by atoms with Gasteiger partial charge in [0.1, 0.15) is 0 Å². The summed E-state index contributed by atoms with van der Waals surface area (Å²) in [7, 11) is 0. The molecule has 1 saturated heterocycles. The van der Waals surface area contributed by atoms with Crippen LogP contribution in [0, 0.1) is 10.1 Å². The van der Waals surface area contributed by atoms with Crippen molar-refractivity contribution in [1.82, 2.24) is 4.90 Å². The van der Waals surface area contributed by atoms with E-state index >= 15 is 0 Å². The fourth-order valence-corrected chi connectivity index (χ4v) is 2.57. The Bertz CT molecular complexity index is 433. The molecule has 0 amide bonds. The molecule has 2 rings (SSSR count). The summed E-state index contributed by atoms with van der Waals surface area (Å²) in [5.41, 5.74) is 1.74. The van der Waals surface area contributed by atoms with Crippen LogP contribution in [0.2, 0.25) is 0 Å². The van der Waals surface area contributed by atoms with Gasteiger partial charge in [-0.25, -0.2) is 0 Å². The van der Waals surface area contributed by atoms with Gasteiger partial charge in [0.25, 0.3) is 5.69 Å². The molecule has 0 aromatic heterocycles. The van der Waals surface area contributed by atoms with E-state index in [1.54, 1.807) is 6.07 Å². The molecule has 0 atom stereocenters. The minimum atomic E-state index is -0.285. The molecule has 0 N–H and O–H groups in total. The van der Waals surface area contributed by atoms with Crippen LogP contribution < -0.4 is 0 Å². The predicted octanol–water partition coefficient (Wildman–Crippen LogP) is 2.32. The molecule has 1 aliphatic heterocycles. The third-order valence-corrected chi connectivity index (χ3v) is 3.63. The Kier molecular flexibility index (Phi) is 4.68. The van der Waals surface area contributed by atoms with Crippen LogP contribution in [0.1, 0.15) is 11.1 Å². The number of nitro groups is 1. The summed E-state index contributed by atoms with van der Waals surface area (Å²) >= 11 is 3.30. The highest BCUT2D eigenvalue weighted by molar-refractivity contribution is 9.08. The highest BCUT2D eigenvalue weighted by Crippen LogP contribution is 2.27. The van der Waals surface area contributed by atoms with E-state index in [9.17, 15) is 10.1 Å². The van der Waals surface area contributed by atoms with Crippen molar-refractivity contribution in [3.63, 3.8) is 0 Å². The van der Waals surface area contributed by atoms with Gasteiger partial charge in [-0.1, -0.05) is 34.1 Å². The Morgan fingerprint density at radius 1 is 1.33 bits per heavy atom. The van der Waals surface area contributed by atoms with Crippen molar-refractivity contribution < 1.29 is 9.66 Å². The van der Waals surface area contributed by atoms with Crippen molar-refractivity contribution in [3.8, 4) is 0 Å². The van der Waals surface area contributed by atoms with E-state index in [0.717, 1.165) is 24.2 Å². The molecule has 0 aliphatic carbocycles. The maximum atomic E-state index is 11.2. The lowest BCUT2D eigenvalue weighted by Gasteiger charge is -2.26. The third kappa shape index (κ3) is 3.07. The summed E-state index contributed by atoms with van der Waals surface area (Å²) in [5.74, 6) is 0. The van der Waals surface area contributed by atoms with Gasteiger partial charge in [0.15, 0.2) is 0 Å². The van der Waals surface area contributed by atoms with Crippen LogP contribution in [0.3, 0.4) is 0 Å². The number of halogens is 1. The lowest BCUT2D eigenvalue weighted by Crippen LogP contribution is -2.35. The Balaban J connectivity index is 2.23. The fourth-order valence-electron chi connectivity index (χ4n) is 2.11. The van der Waals surface area contributed by atoms with Gasteiger partial charge in [0, 0.05) is 36.1 Å². The van der Waals surface area contributed by atoms with Crippen molar-refractivity contribution in [2.45, 2.75) is 11.9 Å². The van der Waals surface area contributed by atoms with E-state index in [4.69, 9.17) is 4.74 Å². The maximum absolute atomic E-state index is 11.2. The molecule has 1 aromatic rings. The molecule has 0 radical (unpaired) electrons. The van der Waals surface area contributed by atoms with Crippen LogP contribution in [-0.4, -0.2) is 36.1 Å². The summed E-state index contributed by atoms with van der Waals surface area (Å²) in [6.07, 6.45) is 0. The summed E-state index contributed by atoms with van der Waals surface area (Å²) in [4.78, 5) is 13.1. The zero-order chi connectivity index (χ0) is 13.0. The van der Waals surface area contributed by atoms with Gasteiger partial charge in [0.05, 0.1) is 18.1 Å². The largest absolute Gasteiger partial charge is 0.379 e. The molecule has 18 heavy (non-hydrogen) atoms. The molecule has 0 saturated carbocycles. The van der Waals surface area contributed by atoms with Gasteiger partial charge in [-0.15, -0.1) is 0 Å². The number of para-hydroxylation sites is 1. The van der Waals surface area contributed by atoms with Gasteiger partial charge >= 0.3 is 0 Å². The van der Waals surface area contributed by atoms with Gasteiger partial charge in [-0.3, -0.25) is 15.0 Å². The minimum absolute atomic E-state index is 0.237. The first-order chi connectivity index (χ1) is 8.72. The quantitative estimate of drug-likeness (QED) is 0.486. The molecule has 5 nitrogen and oxygen atoms in total. The number of nitrogens with zero attached hydrogens (tertiary/aromatic N) is 2.